The van der Waals surface area contributed by atoms with E-state index < -0.39 is 17.2 Å². The number of aromatic amines is 1. The number of hydrogen-bond acceptors (Lipinski definition) is 5. The summed E-state index contributed by atoms with van der Waals surface area (Å²) in [5.41, 5.74) is -0.602. The molecule has 0 saturated carbocycles. The summed E-state index contributed by atoms with van der Waals surface area (Å²) in [6, 6.07) is 16.5. The summed E-state index contributed by atoms with van der Waals surface area (Å²) in [4.78, 5) is 50.4. The molecule has 1 N–H and O–H groups in total. The molecular weight excluding hydrogens is 358 g/mol. The Morgan fingerprint density at radius 3 is 2.57 bits per heavy atom. The van der Waals surface area contributed by atoms with Crippen molar-refractivity contribution in [3.8, 4) is 5.82 Å². The molecular formula is C20H15N5O3. The van der Waals surface area contributed by atoms with Crippen LogP contribution in [0.1, 0.15) is 10.5 Å². The van der Waals surface area contributed by atoms with Crippen LogP contribution in [-0.2, 0) is 0 Å². The van der Waals surface area contributed by atoms with Crippen molar-refractivity contribution in [3.05, 3.63) is 93.4 Å². The van der Waals surface area contributed by atoms with E-state index in [0.717, 1.165) is 4.57 Å². The minimum absolute atomic E-state index is 0.0669. The average Bonchev–Trinajstić information content (AvgIpc) is 2.73. The number of nitrogens with zero attached hydrogens (tertiary/aromatic N) is 4. The predicted octanol–water partition coefficient (Wildman–Crippen LogP) is 1.75. The lowest BCUT2D eigenvalue weighted by molar-refractivity contribution is 0.0987. The molecule has 0 aliphatic heterocycles. The van der Waals surface area contributed by atoms with Gasteiger partial charge in [-0.15, -0.1) is 0 Å². The van der Waals surface area contributed by atoms with Crippen LogP contribution in [0.15, 0.2) is 76.4 Å². The lowest BCUT2D eigenvalue weighted by Crippen LogP contribution is -2.35. The van der Waals surface area contributed by atoms with Crippen molar-refractivity contribution >= 4 is 22.6 Å². The third-order valence-electron chi connectivity index (χ3n) is 4.29. The van der Waals surface area contributed by atoms with Crippen molar-refractivity contribution in [2.75, 3.05) is 11.9 Å². The number of rotatable bonds is 3. The summed E-state index contributed by atoms with van der Waals surface area (Å²) in [6.45, 7) is 0. The number of pyridine rings is 2. The SMILES string of the molecule is CN(C(=O)c1cccc(-n2c(=O)[nH]c3ccccc3c2=O)n1)c1ccccn1. The standard InChI is InChI=1S/C20H15N5O3/c1-24(16-10-4-5-12-21-16)19(27)15-9-6-11-17(22-15)25-18(26)13-7-2-3-8-14(13)23-20(25)28/h2-12H,1H3,(H,23,28). The van der Waals surface area contributed by atoms with Gasteiger partial charge in [0.25, 0.3) is 11.5 Å². The molecule has 0 bridgehead atoms. The maximum atomic E-state index is 12.8. The lowest BCUT2D eigenvalue weighted by Gasteiger charge is -2.16. The lowest BCUT2D eigenvalue weighted by atomic mass is 10.2. The first-order valence-electron chi connectivity index (χ1n) is 8.47. The average molecular weight is 373 g/mol. The number of amides is 1. The van der Waals surface area contributed by atoms with Gasteiger partial charge in [0.1, 0.15) is 17.3 Å². The van der Waals surface area contributed by atoms with E-state index in [1.54, 1.807) is 61.8 Å². The summed E-state index contributed by atoms with van der Waals surface area (Å²) < 4.78 is 0.917. The molecule has 0 fully saturated rings. The molecule has 8 nitrogen and oxygen atoms in total. The number of H-pyrrole nitrogens is 1. The molecule has 0 aliphatic carbocycles. The van der Waals surface area contributed by atoms with Crippen molar-refractivity contribution in [1.82, 2.24) is 19.5 Å². The van der Waals surface area contributed by atoms with Gasteiger partial charge in [-0.25, -0.2) is 19.3 Å². The van der Waals surface area contributed by atoms with Gasteiger partial charge < -0.3 is 4.98 Å². The first kappa shape index (κ1) is 17.3. The number of nitrogens with one attached hydrogen (secondary N) is 1. The van der Waals surface area contributed by atoms with Crippen LogP contribution in [0.25, 0.3) is 16.7 Å². The van der Waals surface area contributed by atoms with Crippen LogP contribution in [0, 0.1) is 0 Å². The minimum atomic E-state index is -0.626. The summed E-state index contributed by atoms with van der Waals surface area (Å²) in [5, 5.41) is 0.353. The molecule has 0 saturated heterocycles. The Morgan fingerprint density at radius 1 is 1.00 bits per heavy atom. The van der Waals surface area contributed by atoms with E-state index in [1.165, 1.54) is 17.0 Å². The minimum Gasteiger partial charge on any atom is -0.306 e. The summed E-state index contributed by atoms with van der Waals surface area (Å²) in [7, 11) is 1.58. The number of carbonyl (C=O) groups is 1. The number of carbonyl (C=O) groups excluding carboxylic acids is 1. The third kappa shape index (κ3) is 2.96. The van der Waals surface area contributed by atoms with Gasteiger partial charge >= 0.3 is 5.69 Å². The Bertz CT molecular complexity index is 1290. The number of benzene rings is 1. The zero-order chi connectivity index (χ0) is 19.7. The second kappa shape index (κ2) is 6.92. The molecule has 0 spiro atoms. The Kier molecular flexibility index (Phi) is 4.29. The van der Waals surface area contributed by atoms with Gasteiger partial charge in [-0.1, -0.05) is 24.3 Å². The molecule has 1 aromatic carbocycles. The number of hydrogen-bond donors (Lipinski definition) is 1. The Hall–Kier alpha value is -4.07. The first-order chi connectivity index (χ1) is 13.6. The second-order valence-corrected chi connectivity index (χ2v) is 6.05. The van der Waals surface area contributed by atoms with Gasteiger partial charge in [-0.05, 0) is 36.4 Å². The van der Waals surface area contributed by atoms with Crippen molar-refractivity contribution in [3.63, 3.8) is 0 Å². The predicted molar refractivity (Wildman–Crippen MR) is 105 cm³/mol. The fourth-order valence-corrected chi connectivity index (χ4v) is 2.87. The highest BCUT2D eigenvalue weighted by Crippen LogP contribution is 2.12. The molecule has 138 valence electrons. The summed E-state index contributed by atoms with van der Waals surface area (Å²) >= 11 is 0. The van der Waals surface area contributed by atoms with Crippen molar-refractivity contribution < 1.29 is 4.79 Å². The molecule has 4 rings (SSSR count). The van der Waals surface area contributed by atoms with Gasteiger partial charge in [0.2, 0.25) is 0 Å². The van der Waals surface area contributed by atoms with Crippen LogP contribution >= 0.6 is 0 Å². The largest absolute Gasteiger partial charge is 0.334 e. The van der Waals surface area contributed by atoms with Gasteiger partial charge in [0.05, 0.1) is 10.9 Å². The number of aromatic nitrogens is 4. The van der Waals surface area contributed by atoms with Crippen LogP contribution in [0.3, 0.4) is 0 Å². The van der Waals surface area contributed by atoms with E-state index in [2.05, 4.69) is 15.0 Å². The number of anilines is 1. The van der Waals surface area contributed by atoms with Crippen molar-refractivity contribution in [2.24, 2.45) is 0 Å². The van der Waals surface area contributed by atoms with E-state index in [4.69, 9.17) is 0 Å². The fraction of sp³-hybridized carbons (Fsp3) is 0.0500. The molecule has 0 aliphatic rings. The van der Waals surface area contributed by atoms with E-state index in [-0.39, 0.29) is 11.5 Å². The highest BCUT2D eigenvalue weighted by Gasteiger charge is 2.17. The quantitative estimate of drug-likeness (QED) is 0.590. The maximum Gasteiger partial charge on any atom is 0.334 e. The topological polar surface area (TPSA) is 101 Å². The van der Waals surface area contributed by atoms with E-state index in [1.807, 2.05) is 0 Å². The van der Waals surface area contributed by atoms with Crippen LogP contribution in [0.4, 0.5) is 5.82 Å². The zero-order valence-corrected chi connectivity index (χ0v) is 14.9. The van der Waals surface area contributed by atoms with E-state index >= 15 is 0 Å². The molecule has 0 radical (unpaired) electrons. The van der Waals surface area contributed by atoms with Gasteiger partial charge in [-0.3, -0.25) is 14.5 Å². The second-order valence-electron chi connectivity index (χ2n) is 6.05. The maximum absolute atomic E-state index is 12.8. The van der Waals surface area contributed by atoms with Crippen molar-refractivity contribution in [1.29, 1.82) is 0 Å². The number of fused-ring (bicyclic) bond motifs is 1. The van der Waals surface area contributed by atoms with E-state index in [0.29, 0.717) is 16.7 Å². The highest BCUT2D eigenvalue weighted by molar-refractivity contribution is 6.03. The Morgan fingerprint density at radius 2 is 1.79 bits per heavy atom. The molecule has 28 heavy (non-hydrogen) atoms. The molecule has 0 atom stereocenters. The smallest absolute Gasteiger partial charge is 0.306 e. The molecule has 8 heteroatoms. The fourth-order valence-electron chi connectivity index (χ4n) is 2.87. The monoisotopic (exact) mass is 373 g/mol. The van der Waals surface area contributed by atoms with Crippen LogP contribution in [-0.4, -0.2) is 32.5 Å². The summed E-state index contributed by atoms with van der Waals surface area (Å²) in [5.74, 6) is 0.114. The van der Waals surface area contributed by atoms with Crippen molar-refractivity contribution in [2.45, 2.75) is 0 Å². The molecule has 3 aromatic heterocycles. The molecule has 4 aromatic rings. The van der Waals surface area contributed by atoms with Crippen LogP contribution < -0.4 is 16.1 Å². The van der Waals surface area contributed by atoms with Crippen LogP contribution in [0.5, 0.6) is 0 Å². The van der Waals surface area contributed by atoms with Gasteiger partial charge in [0, 0.05) is 13.2 Å². The molecule has 3 heterocycles. The summed E-state index contributed by atoms with van der Waals surface area (Å²) in [6.07, 6.45) is 1.58. The normalized spacial score (nSPS) is 10.8. The number of para-hydroxylation sites is 1. The molecule has 0 unspecified atom stereocenters. The third-order valence-corrected chi connectivity index (χ3v) is 4.29. The zero-order valence-electron chi connectivity index (χ0n) is 14.9. The Balaban J connectivity index is 1.80. The molecule has 1 amide bonds. The Labute approximate surface area is 158 Å². The van der Waals surface area contributed by atoms with Gasteiger partial charge in [-0.2, -0.15) is 0 Å². The van der Waals surface area contributed by atoms with E-state index in [9.17, 15) is 14.4 Å². The van der Waals surface area contributed by atoms with Gasteiger partial charge in [0.15, 0.2) is 0 Å². The van der Waals surface area contributed by atoms with Crippen LogP contribution in [0.2, 0.25) is 0 Å². The first-order valence-corrected chi connectivity index (χ1v) is 8.47. The highest BCUT2D eigenvalue weighted by atomic mass is 16.2.